The lowest BCUT2D eigenvalue weighted by atomic mass is 10.1. The van der Waals surface area contributed by atoms with Gasteiger partial charge in [-0.3, -0.25) is 4.79 Å². The van der Waals surface area contributed by atoms with Crippen molar-refractivity contribution in [1.82, 2.24) is 0 Å². The van der Waals surface area contributed by atoms with E-state index >= 15 is 0 Å². The van der Waals surface area contributed by atoms with Crippen LogP contribution in [0.1, 0.15) is 16.8 Å². The molecule has 0 aliphatic heterocycles. The molecule has 0 bridgehead atoms. The Morgan fingerprint density at radius 2 is 2.29 bits per heavy atom. The van der Waals surface area contributed by atoms with Crippen LogP contribution in [0.5, 0.6) is 11.5 Å². The SMILES string of the molecule is COc1cccc(C(=O)CCN)c1O. The van der Waals surface area contributed by atoms with E-state index in [1.807, 2.05) is 0 Å². The minimum absolute atomic E-state index is 0.117. The Morgan fingerprint density at radius 3 is 2.86 bits per heavy atom. The van der Waals surface area contributed by atoms with Gasteiger partial charge < -0.3 is 15.6 Å². The Kier molecular flexibility index (Phi) is 3.48. The van der Waals surface area contributed by atoms with E-state index in [2.05, 4.69) is 0 Å². The lowest BCUT2D eigenvalue weighted by Crippen LogP contribution is -2.08. The van der Waals surface area contributed by atoms with Crippen molar-refractivity contribution >= 4 is 5.78 Å². The van der Waals surface area contributed by atoms with Crippen molar-refractivity contribution in [3.05, 3.63) is 23.8 Å². The van der Waals surface area contributed by atoms with Crippen molar-refractivity contribution < 1.29 is 14.6 Å². The number of carbonyl (C=O) groups excluding carboxylic acids is 1. The van der Waals surface area contributed by atoms with E-state index in [9.17, 15) is 9.90 Å². The van der Waals surface area contributed by atoms with Gasteiger partial charge in [-0.05, 0) is 18.7 Å². The van der Waals surface area contributed by atoms with Crippen LogP contribution in [-0.4, -0.2) is 24.5 Å². The Balaban J connectivity index is 3.03. The normalized spacial score (nSPS) is 9.86. The lowest BCUT2D eigenvalue weighted by molar-refractivity contribution is 0.0982. The lowest BCUT2D eigenvalue weighted by Gasteiger charge is -2.06. The first-order chi connectivity index (χ1) is 6.70. The van der Waals surface area contributed by atoms with Gasteiger partial charge in [0.25, 0.3) is 0 Å². The van der Waals surface area contributed by atoms with Crippen LogP contribution in [0.4, 0.5) is 0 Å². The maximum Gasteiger partial charge on any atom is 0.168 e. The zero-order valence-electron chi connectivity index (χ0n) is 7.99. The third-order valence-corrected chi connectivity index (χ3v) is 1.89. The van der Waals surface area contributed by atoms with E-state index in [0.717, 1.165) is 0 Å². The summed E-state index contributed by atoms with van der Waals surface area (Å²) in [5.74, 6) is 0.00483. The quantitative estimate of drug-likeness (QED) is 0.701. The molecule has 0 heterocycles. The highest BCUT2D eigenvalue weighted by Crippen LogP contribution is 2.29. The summed E-state index contributed by atoms with van der Waals surface area (Å²) < 4.78 is 4.88. The predicted molar refractivity (Wildman–Crippen MR) is 52.7 cm³/mol. The first-order valence-corrected chi connectivity index (χ1v) is 4.30. The summed E-state index contributed by atoms with van der Waals surface area (Å²) in [6.45, 7) is 0.273. The number of Topliss-reactive ketones (excluding diaryl/α,β-unsaturated/α-hetero) is 1. The molecule has 0 amide bonds. The van der Waals surface area contributed by atoms with E-state index in [0.29, 0.717) is 5.75 Å². The maximum absolute atomic E-state index is 11.4. The van der Waals surface area contributed by atoms with Crippen LogP contribution in [0.25, 0.3) is 0 Å². The molecular weight excluding hydrogens is 182 g/mol. The molecular formula is C10H13NO3. The Morgan fingerprint density at radius 1 is 1.57 bits per heavy atom. The number of hydrogen-bond acceptors (Lipinski definition) is 4. The number of phenols is 1. The minimum Gasteiger partial charge on any atom is -0.504 e. The van der Waals surface area contributed by atoms with E-state index in [-0.39, 0.29) is 30.1 Å². The van der Waals surface area contributed by atoms with Gasteiger partial charge in [-0.1, -0.05) is 6.07 Å². The van der Waals surface area contributed by atoms with Crippen molar-refractivity contribution in [2.45, 2.75) is 6.42 Å². The molecule has 0 fully saturated rings. The number of hydrogen-bond donors (Lipinski definition) is 2. The average molecular weight is 195 g/mol. The molecule has 1 aromatic rings. The Hall–Kier alpha value is -1.55. The number of carbonyl (C=O) groups is 1. The third kappa shape index (κ3) is 2.03. The van der Waals surface area contributed by atoms with Crippen molar-refractivity contribution in [2.75, 3.05) is 13.7 Å². The molecule has 0 atom stereocenters. The minimum atomic E-state index is -0.177. The smallest absolute Gasteiger partial charge is 0.168 e. The molecule has 0 aliphatic carbocycles. The topological polar surface area (TPSA) is 72.5 Å². The number of nitrogens with two attached hydrogens (primary N) is 1. The molecule has 14 heavy (non-hydrogen) atoms. The largest absolute Gasteiger partial charge is 0.504 e. The third-order valence-electron chi connectivity index (χ3n) is 1.89. The van der Waals surface area contributed by atoms with E-state index < -0.39 is 0 Å². The molecule has 0 unspecified atom stereocenters. The fourth-order valence-corrected chi connectivity index (χ4v) is 1.18. The van der Waals surface area contributed by atoms with Crippen LogP contribution in [0, 0.1) is 0 Å². The van der Waals surface area contributed by atoms with Crippen LogP contribution < -0.4 is 10.5 Å². The highest BCUT2D eigenvalue weighted by atomic mass is 16.5. The summed E-state index contributed by atoms with van der Waals surface area (Å²) in [6, 6.07) is 4.80. The highest BCUT2D eigenvalue weighted by molar-refractivity contribution is 5.99. The van der Waals surface area contributed by atoms with Crippen LogP contribution >= 0.6 is 0 Å². The molecule has 0 radical (unpaired) electrons. The molecule has 0 spiro atoms. The standard InChI is InChI=1S/C10H13NO3/c1-14-9-4-2-3-7(10(9)13)8(12)5-6-11/h2-4,13H,5-6,11H2,1H3. The van der Waals surface area contributed by atoms with Gasteiger partial charge in [-0.2, -0.15) is 0 Å². The van der Waals surface area contributed by atoms with Crippen molar-refractivity contribution in [1.29, 1.82) is 0 Å². The second-order valence-electron chi connectivity index (χ2n) is 2.82. The number of rotatable bonds is 4. The molecule has 1 aromatic carbocycles. The molecule has 0 saturated heterocycles. The van der Waals surface area contributed by atoms with Gasteiger partial charge in [-0.25, -0.2) is 0 Å². The highest BCUT2D eigenvalue weighted by Gasteiger charge is 2.13. The van der Waals surface area contributed by atoms with Gasteiger partial charge in [0.05, 0.1) is 12.7 Å². The molecule has 76 valence electrons. The van der Waals surface area contributed by atoms with Gasteiger partial charge in [0.1, 0.15) is 0 Å². The molecule has 3 N–H and O–H groups in total. The predicted octanol–water partition coefficient (Wildman–Crippen LogP) is 0.932. The van der Waals surface area contributed by atoms with Gasteiger partial charge in [0.2, 0.25) is 0 Å². The molecule has 4 nitrogen and oxygen atoms in total. The van der Waals surface area contributed by atoms with Crippen molar-refractivity contribution in [2.24, 2.45) is 5.73 Å². The Bertz CT molecular complexity index is 336. The number of ketones is 1. The summed E-state index contributed by atoms with van der Waals surface area (Å²) in [5.41, 5.74) is 5.51. The van der Waals surface area contributed by atoms with Crippen LogP contribution in [0.15, 0.2) is 18.2 Å². The van der Waals surface area contributed by atoms with Crippen LogP contribution in [-0.2, 0) is 0 Å². The van der Waals surface area contributed by atoms with E-state index in [1.54, 1.807) is 18.2 Å². The fourth-order valence-electron chi connectivity index (χ4n) is 1.18. The summed E-state index contributed by atoms with van der Waals surface area (Å²) >= 11 is 0. The van der Waals surface area contributed by atoms with Gasteiger partial charge in [0.15, 0.2) is 17.3 Å². The molecule has 0 aliphatic rings. The number of phenolic OH excluding ortho intramolecular Hbond substituents is 1. The summed E-state index contributed by atoms with van der Waals surface area (Å²) in [4.78, 5) is 11.4. The van der Waals surface area contributed by atoms with E-state index in [4.69, 9.17) is 10.5 Å². The van der Waals surface area contributed by atoms with Crippen molar-refractivity contribution in [3.8, 4) is 11.5 Å². The Labute approximate surface area is 82.3 Å². The number of ether oxygens (including phenoxy) is 1. The molecule has 0 saturated carbocycles. The van der Waals surface area contributed by atoms with E-state index in [1.165, 1.54) is 7.11 Å². The fraction of sp³-hybridized carbons (Fsp3) is 0.300. The second-order valence-corrected chi connectivity index (χ2v) is 2.82. The summed E-state index contributed by atoms with van der Waals surface area (Å²) in [5, 5.41) is 9.60. The molecule has 4 heteroatoms. The number of para-hydroxylation sites is 1. The number of benzene rings is 1. The second kappa shape index (κ2) is 4.62. The average Bonchev–Trinajstić information content (AvgIpc) is 2.18. The van der Waals surface area contributed by atoms with Crippen LogP contribution in [0.2, 0.25) is 0 Å². The van der Waals surface area contributed by atoms with Gasteiger partial charge >= 0.3 is 0 Å². The monoisotopic (exact) mass is 195 g/mol. The van der Waals surface area contributed by atoms with Crippen molar-refractivity contribution in [3.63, 3.8) is 0 Å². The number of methoxy groups -OCH3 is 1. The molecule has 1 rings (SSSR count). The van der Waals surface area contributed by atoms with Gasteiger partial charge in [0, 0.05) is 6.42 Å². The number of aromatic hydroxyl groups is 1. The first-order valence-electron chi connectivity index (χ1n) is 4.30. The zero-order valence-corrected chi connectivity index (χ0v) is 7.99. The first kappa shape index (κ1) is 10.5. The van der Waals surface area contributed by atoms with Gasteiger partial charge in [-0.15, -0.1) is 0 Å². The summed E-state index contributed by atoms with van der Waals surface area (Å²) in [7, 11) is 1.44. The molecule has 0 aromatic heterocycles. The zero-order chi connectivity index (χ0) is 10.6. The summed E-state index contributed by atoms with van der Waals surface area (Å²) in [6.07, 6.45) is 0.223. The maximum atomic E-state index is 11.4. The van der Waals surface area contributed by atoms with Crippen LogP contribution in [0.3, 0.4) is 0 Å².